The molecule has 0 aliphatic carbocycles. The van der Waals surface area contributed by atoms with E-state index in [0.29, 0.717) is 12.5 Å². The van der Waals surface area contributed by atoms with E-state index >= 15 is 0 Å². The van der Waals surface area contributed by atoms with Crippen molar-refractivity contribution < 1.29 is 4.92 Å². The van der Waals surface area contributed by atoms with E-state index in [4.69, 9.17) is 0 Å². The molecule has 122 valence electrons. The highest BCUT2D eigenvalue weighted by Crippen LogP contribution is 2.13. The first-order chi connectivity index (χ1) is 11.2. The third kappa shape index (κ3) is 5.46. The van der Waals surface area contributed by atoms with E-state index in [1.807, 2.05) is 37.5 Å². The zero-order valence-corrected chi connectivity index (χ0v) is 13.1. The van der Waals surface area contributed by atoms with Gasteiger partial charge in [-0.25, -0.2) is 4.99 Å². The number of aromatic nitrogens is 1. The quantitative estimate of drug-likeness (QED) is 0.355. The van der Waals surface area contributed by atoms with Crippen LogP contribution in [0.15, 0.2) is 53.8 Å². The Morgan fingerprint density at radius 2 is 2.04 bits per heavy atom. The second-order valence-electron chi connectivity index (χ2n) is 4.97. The van der Waals surface area contributed by atoms with Gasteiger partial charge in [0.15, 0.2) is 5.96 Å². The molecule has 7 nitrogen and oxygen atoms in total. The number of guanidine groups is 1. The molecule has 0 aliphatic rings. The number of hydrogen-bond acceptors (Lipinski definition) is 3. The average molecular weight is 315 g/mol. The van der Waals surface area contributed by atoms with Crippen molar-refractivity contribution in [3.63, 3.8) is 0 Å². The molecular weight excluding hydrogens is 294 g/mol. The minimum absolute atomic E-state index is 0.0864. The molecule has 7 heteroatoms. The van der Waals surface area contributed by atoms with Gasteiger partial charge in [0.05, 0.1) is 11.5 Å². The highest BCUT2D eigenvalue weighted by molar-refractivity contribution is 5.79. The number of nitro groups is 1. The van der Waals surface area contributed by atoms with Crippen LogP contribution in [-0.2, 0) is 13.1 Å². The van der Waals surface area contributed by atoms with Gasteiger partial charge in [-0.1, -0.05) is 12.1 Å². The summed E-state index contributed by atoms with van der Waals surface area (Å²) in [7, 11) is 0. The van der Waals surface area contributed by atoms with Crippen LogP contribution in [0.3, 0.4) is 0 Å². The fourth-order valence-corrected chi connectivity index (χ4v) is 2.10. The third-order valence-electron chi connectivity index (χ3n) is 3.21. The minimum Gasteiger partial charge on any atom is -0.357 e. The lowest BCUT2D eigenvalue weighted by Gasteiger charge is -2.11. The Morgan fingerprint density at radius 3 is 2.74 bits per heavy atom. The Bertz CT molecular complexity index is 652. The van der Waals surface area contributed by atoms with Crippen LogP contribution < -0.4 is 10.6 Å². The number of rotatable bonds is 7. The van der Waals surface area contributed by atoms with Gasteiger partial charge in [-0.2, -0.15) is 0 Å². The normalized spacial score (nSPS) is 11.3. The highest BCUT2D eigenvalue weighted by Gasteiger charge is 2.05. The number of benzene rings is 1. The lowest BCUT2D eigenvalue weighted by molar-refractivity contribution is -0.384. The first-order valence-corrected chi connectivity index (χ1v) is 7.55. The molecular formula is C16H21N5O2. The van der Waals surface area contributed by atoms with Crippen LogP contribution in [0.5, 0.6) is 0 Å². The van der Waals surface area contributed by atoms with E-state index in [9.17, 15) is 10.1 Å². The molecule has 0 spiro atoms. The summed E-state index contributed by atoms with van der Waals surface area (Å²) >= 11 is 0. The highest BCUT2D eigenvalue weighted by atomic mass is 16.6. The Balaban J connectivity index is 1.92. The summed E-state index contributed by atoms with van der Waals surface area (Å²) in [6.07, 6.45) is 4.02. The predicted molar refractivity (Wildman–Crippen MR) is 90.3 cm³/mol. The standard InChI is InChI=1S/C16H21N5O2/c1-2-17-16(18-8-11-20-9-3-4-10-20)19-13-14-6-5-7-15(12-14)21(22)23/h3-7,9-10,12H,2,8,11,13H2,1H3,(H2,17,18,19). The second kappa shape index (κ2) is 8.57. The van der Waals surface area contributed by atoms with Crippen molar-refractivity contribution in [2.24, 2.45) is 4.99 Å². The zero-order chi connectivity index (χ0) is 16.5. The molecule has 0 saturated carbocycles. The maximum Gasteiger partial charge on any atom is 0.269 e. The predicted octanol–water partition coefficient (Wildman–Crippen LogP) is 2.15. The lowest BCUT2D eigenvalue weighted by Crippen LogP contribution is -2.38. The van der Waals surface area contributed by atoms with Crippen molar-refractivity contribution >= 4 is 11.6 Å². The van der Waals surface area contributed by atoms with Crippen LogP contribution in [-0.4, -0.2) is 28.5 Å². The summed E-state index contributed by atoms with van der Waals surface area (Å²) in [5, 5.41) is 17.2. The summed E-state index contributed by atoms with van der Waals surface area (Å²) in [6, 6.07) is 10.5. The molecule has 1 aromatic carbocycles. The first-order valence-electron chi connectivity index (χ1n) is 7.55. The molecule has 1 heterocycles. The van der Waals surface area contributed by atoms with Crippen molar-refractivity contribution in [1.29, 1.82) is 0 Å². The lowest BCUT2D eigenvalue weighted by atomic mass is 10.2. The van der Waals surface area contributed by atoms with Crippen LogP contribution in [0.4, 0.5) is 5.69 Å². The largest absolute Gasteiger partial charge is 0.357 e. The molecule has 0 amide bonds. The van der Waals surface area contributed by atoms with Crippen molar-refractivity contribution in [2.45, 2.75) is 20.0 Å². The first kappa shape index (κ1) is 16.5. The molecule has 0 aliphatic heterocycles. The fraction of sp³-hybridized carbons (Fsp3) is 0.312. The van der Waals surface area contributed by atoms with Gasteiger partial charge in [0.25, 0.3) is 5.69 Å². The van der Waals surface area contributed by atoms with Gasteiger partial charge < -0.3 is 15.2 Å². The molecule has 1 aromatic heterocycles. The van der Waals surface area contributed by atoms with Gasteiger partial charge in [-0.15, -0.1) is 0 Å². The van der Waals surface area contributed by atoms with Gasteiger partial charge in [-0.3, -0.25) is 10.1 Å². The van der Waals surface area contributed by atoms with Crippen LogP contribution in [0, 0.1) is 10.1 Å². The number of nitrogens with zero attached hydrogens (tertiary/aromatic N) is 3. The van der Waals surface area contributed by atoms with Crippen LogP contribution in [0.2, 0.25) is 0 Å². The summed E-state index contributed by atoms with van der Waals surface area (Å²) < 4.78 is 2.08. The van der Waals surface area contributed by atoms with Gasteiger partial charge in [0.2, 0.25) is 0 Å². The summed E-state index contributed by atoms with van der Waals surface area (Å²) in [5.41, 5.74) is 0.894. The Kier molecular flexibility index (Phi) is 6.17. The molecule has 2 N–H and O–H groups in total. The minimum atomic E-state index is -0.395. The molecule has 0 radical (unpaired) electrons. The maximum atomic E-state index is 10.8. The Labute approximate surface area is 135 Å². The molecule has 0 unspecified atom stereocenters. The molecule has 0 bridgehead atoms. The zero-order valence-electron chi connectivity index (χ0n) is 13.1. The number of hydrogen-bond donors (Lipinski definition) is 2. The summed E-state index contributed by atoms with van der Waals surface area (Å²) in [6.45, 7) is 4.73. The molecule has 0 fully saturated rings. The van der Waals surface area contributed by atoms with Gasteiger partial charge in [-0.05, 0) is 24.6 Å². The Hall–Kier alpha value is -2.83. The van der Waals surface area contributed by atoms with Crippen molar-refractivity contribution in [1.82, 2.24) is 15.2 Å². The van der Waals surface area contributed by atoms with Crippen molar-refractivity contribution in [2.75, 3.05) is 13.1 Å². The number of nitro benzene ring substituents is 1. The van der Waals surface area contributed by atoms with Gasteiger partial charge >= 0.3 is 0 Å². The SMILES string of the molecule is CCNC(=NCc1cccc([N+](=O)[O-])c1)NCCn1cccc1. The fourth-order valence-electron chi connectivity index (χ4n) is 2.10. The van der Waals surface area contributed by atoms with E-state index in [1.54, 1.807) is 12.1 Å². The smallest absolute Gasteiger partial charge is 0.269 e. The Morgan fingerprint density at radius 1 is 1.26 bits per heavy atom. The molecule has 0 atom stereocenters. The number of aliphatic imine (C=N–C) groups is 1. The van der Waals surface area contributed by atoms with Crippen LogP contribution in [0.1, 0.15) is 12.5 Å². The molecule has 2 aromatic rings. The molecule has 0 saturated heterocycles. The third-order valence-corrected chi connectivity index (χ3v) is 3.21. The van der Waals surface area contributed by atoms with Crippen LogP contribution in [0.25, 0.3) is 0 Å². The molecule has 2 rings (SSSR count). The summed E-state index contributed by atoms with van der Waals surface area (Å²) in [5.74, 6) is 0.700. The van der Waals surface area contributed by atoms with E-state index in [1.165, 1.54) is 6.07 Å². The van der Waals surface area contributed by atoms with Crippen LogP contribution >= 0.6 is 0 Å². The summed E-state index contributed by atoms with van der Waals surface area (Å²) in [4.78, 5) is 14.9. The maximum absolute atomic E-state index is 10.8. The molecule has 23 heavy (non-hydrogen) atoms. The van der Waals surface area contributed by atoms with Crippen molar-refractivity contribution in [3.8, 4) is 0 Å². The van der Waals surface area contributed by atoms with E-state index in [-0.39, 0.29) is 5.69 Å². The van der Waals surface area contributed by atoms with Gasteiger partial charge in [0.1, 0.15) is 0 Å². The second-order valence-corrected chi connectivity index (χ2v) is 4.97. The van der Waals surface area contributed by atoms with E-state index in [0.717, 1.165) is 25.2 Å². The van der Waals surface area contributed by atoms with Gasteiger partial charge in [0, 0.05) is 44.2 Å². The number of non-ortho nitro benzene ring substituents is 1. The van der Waals surface area contributed by atoms with Crippen molar-refractivity contribution in [3.05, 3.63) is 64.5 Å². The van der Waals surface area contributed by atoms with E-state index < -0.39 is 4.92 Å². The topological polar surface area (TPSA) is 84.5 Å². The average Bonchev–Trinajstić information content (AvgIpc) is 3.06. The monoisotopic (exact) mass is 315 g/mol. The van der Waals surface area contributed by atoms with E-state index in [2.05, 4.69) is 20.2 Å². The number of nitrogens with one attached hydrogen (secondary N) is 2.